The molecule has 1 fully saturated rings. The summed E-state index contributed by atoms with van der Waals surface area (Å²) in [5.74, 6) is 1.08. The van der Waals surface area contributed by atoms with Crippen LogP contribution in [0.3, 0.4) is 0 Å². The van der Waals surface area contributed by atoms with Gasteiger partial charge in [-0.3, -0.25) is 5.41 Å². The van der Waals surface area contributed by atoms with Crippen LogP contribution in [0.5, 0.6) is 0 Å². The molecule has 0 bridgehead atoms. The number of nitrogens with one attached hydrogen (secondary N) is 1. The molecule has 80 valence electrons. The van der Waals surface area contributed by atoms with Crippen LogP contribution in [0.15, 0.2) is 18.2 Å². The van der Waals surface area contributed by atoms with Gasteiger partial charge in [0.05, 0.1) is 0 Å². The van der Waals surface area contributed by atoms with Gasteiger partial charge < -0.3 is 4.90 Å². The molecular weight excluding hydrogens is 204 g/mol. The lowest BCUT2D eigenvalue weighted by atomic mass is 10.1. The predicted octanol–water partition coefficient (Wildman–Crippen LogP) is 3.18. The topological polar surface area (TPSA) is 27.1 Å². The van der Waals surface area contributed by atoms with E-state index >= 15 is 0 Å². The summed E-state index contributed by atoms with van der Waals surface area (Å²) in [6, 6.07) is 6.32. The van der Waals surface area contributed by atoms with Gasteiger partial charge in [-0.25, -0.2) is 0 Å². The Morgan fingerprint density at radius 3 is 2.53 bits per heavy atom. The minimum atomic E-state index is 0.693. The summed E-state index contributed by atoms with van der Waals surface area (Å²) in [6.07, 6.45) is 1.17. The van der Waals surface area contributed by atoms with E-state index < -0.39 is 0 Å². The first kappa shape index (κ1) is 10.6. The molecule has 0 aromatic heterocycles. The van der Waals surface area contributed by atoms with Crippen molar-refractivity contribution in [2.75, 3.05) is 17.2 Å². The van der Waals surface area contributed by atoms with Gasteiger partial charge in [-0.2, -0.15) is 0 Å². The van der Waals surface area contributed by atoms with Gasteiger partial charge in [0.25, 0.3) is 0 Å². The number of hydrogen-bond donors (Lipinski definition) is 1. The first-order valence-corrected chi connectivity index (χ1v) is 6.24. The molecule has 1 aliphatic heterocycles. The quantitative estimate of drug-likeness (QED) is 0.787. The summed E-state index contributed by atoms with van der Waals surface area (Å²) >= 11 is 1.65. The van der Waals surface area contributed by atoms with Crippen LogP contribution < -0.4 is 4.90 Å². The monoisotopic (exact) mass is 220 g/mol. The third kappa shape index (κ3) is 2.02. The van der Waals surface area contributed by atoms with E-state index in [0.717, 1.165) is 12.3 Å². The molecule has 0 unspecified atom stereocenters. The highest BCUT2D eigenvalue weighted by molar-refractivity contribution is 8.14. The number of rotatable bonds is 1. The lowest BCUT2D eigenvalue weighted by Gasteiger charge is -2.31. The van der Waals surface area contributed by atoms with Crippen molar-refractivity contribution in [1.82, 2.24) is 0 Å². The highest BCUT2D eigenvalue weighted by Gasteiger charge is 2.19. The van der Waals surface area contributed by atoms with Crippen molar-refractivity contribution in [2.24, 2.45) is 0 Å². The van der Waals surface area contributed by atoms with Crippen LogP contribution >= 0.6 is 11.8 Å². The molecule has 1 aromatic carbocycles. The van der Waals surface area contributed by atoms with E-state index in [0.29, 0.717) is 5.17 Å². The summed E-state index contributed by atoms with van der Waals surface area (Å²) in [7, 11) is 0. The van der Waals surface area contributed by atoms with Crippen molar-refractivity contribution in [3.8, 4) is 0 Å². The average molecular weight is 220 g/mol. The van der Waals surface area contributed by atoms with Crippen molar-refractivity contribution >= 4 is 22.6 Å². The fourth-order valence-corrected chi connectivity index (χ4v) is 2.82. The number of benzene rings is 1. The zero-order valence-corrected chi connectivity index (χ0v) is 10.0. The Labute approximate surface area is 95.2 Å². The van der Waals surface area contributed by atoms with E-state index in [1.807, 2.05) is 0 Å². The molecule has 0 spiro atoms. The summed E-state index contributed by atoms with van der Waals surface area (Å²) < 4.78 is 0. The smallest absolute Gasteiger partial charge is 0.160 e. The number of thioether (sulfide) groups is 1. The van der Waals surface area contributed by atoms with Gasteiger partial charge >= 0.3 is 0 Å². The van der Waals surface area contributed by atoms with Crippen molar-refractivity contribution < 1.29 is 0 Å². The van der Waals surface area contributed by atoms with Gasteiger partial charge in [-0.15, -0.1) is 0 Å². The zero-order chi connectivity index (χ0) is 10.8. The van der Waals surface area contributed by atoms with Crippen LogP contribution in [0.1, 0.15) is 17.5 Å². The molecule has 0 atom stereocenters. The van der Waals surface area contributed by atoms with Crippen molar-refractivity contribution in [1.29, 1.82) is 5.41 Å². The average Bonchev–Trinajstić information content (AvgIpc) is 2.20. The first-order chi connectivity index (χ1) is 7.20. The molecule has 0 aliphatic carbocycles. The molecule has 15 heavy (non-hydrogen) atoms. The fourth-order valence-electron chi connectivity index (χ4n) is 2.02. The van der Waals surface area contributed by atoms with E-state index in [1.165, 1.54) is 23.2 Å². The Balaban J connectivity index is 2.39. The minimum Gasteiger partial charge on any atom is -0.321 e. The molecule has 0 saturated carbocycles. The number of para-hydroxylation sites is 1. The molecule has 1 saturated heterocycles. The number of aryl methyl sites for hydroxylation is 2. The minimum absolute atomic E-state index is 0.693. The van der Waals surface area contributed by atoms with E-state index in [2.05, 4.69) is 36.9 Å². The van der Waals surface area contributed by atoms with Crippen molar-refractivity contribution in [2.45, 2.75) is 20.3 Å². The van der Waals surface area contributed by atoms with Gasteiger partial charge in [-0.1, -0.05) is 30.0 Å². The Morgan fingerprint density at radius 1 is 1.27 bits per heavy atom. The summed E-state index contributed by atoms with van der Waals surface area (Å²) in [5.41, 5.74) is 3.76. The van der Waals surface area contributed by atoms with Crippen LogP contribution in [0.4, 0.5) is 5.69 Å². The molecule has 1 aromatic rings. The first-order valence-electron chi connectivity index (χ1n) is 5.25. The third-order valence-electron chi connectivity index (χ3n) is 2.72. The van der Waals surface area contributed by atoms with E-state index in [4.69, 9.17) is 5.41 Å². The maximum Gasteiger partial charge on any atom is 0.160 e. The van der Waals surface area contributed by atoms with Gasteiger partial charge in [-0.05, 0) is 31.4 Å². The van der Waals surface area contributed by atoms with Gasteiger partial charge in [0.2, 0.25) is 0 Å². The molecule has 0 amide bonds. The predicted molar refractivity (Wildman–Crippen MR) is 68.1 cm³/mol. The summed E-state index contributed by atoms with van der Waals surface area (Å²) in [5, 5.41) is 8.66. The molecule has 1 N–H and O–H groups in total. The Hall–Kier alpha value is -0.960. The van der Waals surface area contributed by atoms with Crippen molar-refractivity contribution in [3.05, 3.63) is 29.3 Å². The van der Waals surface area contributed by atoms with Gasteiger partial charge in [0.15, 0.2) is 5.17 Å². The maximum absolute atomic E-state index is 7.97. The fraction of sp³-hybridized carbons (Fsp3) is 0.417. The lowest BCUT2D eigenvalue weighted by molar-refractivity contribution is 0.897. The SMILES string of the molecule is Cc1cccc(C)c1N1CCCSC1=N. The van der Waals surface area contributed by atoms with Gasteiger partial charge in [0.1, 0.15) is 0 Å². The van der Waals surface area contributed by atoms with Crippen molar-refractivity contribution in [3.63, 3.8) is 0 Å². The van der Waals surface area contributed by atoms with Crippen LogP contribution in [0, 0.1) is 19.3 Å². The van der Waals surface area contributed by atoms with Gasteiger partial charge in [0, 0.05) is 18.0 Å². The third-order valence-corrected chi connectivity index (χ3v) is 3.71. The van der Waals surface area contributed by atoms with Crippen LogP contribution in [0.2, 0.25) is 0 Å². The zero-order valence-electron chi connectivity index (χ0n) is 9.21. The standard InChI is InChI=1S/C12H16N2S/c1-9-5-3-6-10(2)11(9)14-7-4-8-15-12(14)13/h3,5-6,13H,4,7-8H2,1-2H3. The highest BCUT2D eigenvalue weighted by Crippen LogP contribution is 2.29. The summed E-state index contributed by atoms with van der Waals surface area (Å²) in [4.78, 5) is 2.14. The summed E-state index contributed by atoms with van der Waals surface area (Å²) in [6.45, 7) is 5.22. The van der Waals surface area contributed by atoms with E-state index in [1.54, 1.807) is 11.8 Å². The second kappa shape index (κ2) is 4.27. The molecule has 1 heterocycles. The molecule has 2 rings (SSSR count). The number of anilines is 1. The largest absolute Gasteiger partial charge is 0.321 e. The van der Waals surface area contributed by atoms with E-state index in [9.17, 15) is 0 Å². The van der Waals surface area contributed by atoms with Crippen LogP contribution in [-0.2, 0) is 0 Å². The molecule has 3 heteroatoms. The molecule has 1 aliphatic rings. The van der Waals surface area contributed by atoms with Crippen LogP contribution in [0.25, 0.3) is 0 Å². The van der Waals surface area contributed by atoms with Crippen LogP contribution in [-0.4, -0.2) is 17.5 Å². The normalized spacial score (nSPS) is 16.9. The Morgan fingerprint density at radius 2 is 1.93 bits per heavy atom. The number of hydrogen-bond acceptors (Lipinski definition) is 2. The number of nitrogens with zero attached hydrogens (tertiary/aromatic N) is 1. The second-order valence-corrected chi connectivity index (χ2v) is 4.98. The highest BCUT2D eigenvalue weighted by atomic mass is 32.2. The molecule has 2 nitrogen and oxygen atoms in total. The number of amidine groups is 1. The maximum atomic E-state index is 7.97. The second-order valence-electron chi connectivity index (χ2n) is 3.90. The molecule has 0 radical (unpaired) electrons. The Bertz CT molecular complexity index is 367. The Kier molecular flexibility index (Phi) is 3.00. The molecular formula is C12H16N2S. The lowest BCUT2D eigenvalue weighted by Crippen LogP contribution is -2.34. The van der Waals surface area contributed by atoms with E-state index in [-0.39, 0.29) is 0 Å².